The van der Waals surface area contributed by atoms with Crippen molar-refractivity contribution >= 4 is 15.9 Å². The lowest BCUT2D eigenvalue weighted by atomic mass is 9.98. The van der Waals surface area contributed by atoms with Crippen molar-refractivity contribution in [3.8, 4) is 5.75 Å². The molecule has 0 aromatic heterocycles. The standard InChI is InChI=1S/C16H25BrO/c1-13(2)7-6-8-14(3)11-12-18-16-10-5-4-9-15(16)17/h4-5,9-10,13-14H,6-8,11-12H2,1-3H3. The molecule has 18 heavy (non-hydrogen) atoms. The fraction of sp³-hybridized carbons (Fsp3) is 0.625. The van der Waals surface area contributed by atoms with Crippen molar-refractivity contribution < 1.29 is 4.74 Å². The summed E-state index contributed by atoms with van der Waals surface area (Å²) in [7, 11) is 0. The van der Waals surface area contributed by atoms with Crippen LogP contribution in [-0.4, -0.2) is 6.61 Å². The maximum absolute atomic E-state index is 5.79. The Balaban J connectivity index is 2.15. The van der Waals surface area contributed by atoms with E-state index in [9.17, 15) is 0 Å². The molecule has 0 amide bonds. The second-order valence-corrected chi connectivity index (χ2v) is 6.35. The molecule has 1 atom stereocenters. The molecule has 0 aliphatic carbocycles. The van der Waals surface area contributed by atoms with Gasteiger partial charge in [0.1, 0.15) is 5.75 Å². The van der Waals surface area contributed by atoms with Crippen molar-refractivity contribution in [1.29, 1.82) is 0 Å². The van der Waals surface area contributed by atoms with Crippen LogP contribution in [0.15, 0.2) is 28.7 Å². The summed E-state index contributed by atoms with van der Waals surface area (Å²) >= 11 is 3.50. The van der Waals surface area contributed by atoms with Crippen molar-refractivity contribution in [3.63, 3.8) is 0 Å². The van der Waals surface area contributed by atoms with Gasteiger partial charge in [-0.1, -0.05) is 52.2 Å². The fourth-order valence-corrected chi connectivity index (χ4v) is 2.35. The largest absolute Gasteiger partial charge is 0.492 e. The van der Waals surface area contributed by atoms with Crippen molar-refractivity contribution in [2.45, 2.75) is 46.5 Å². The first kappa shape index (κ1) is 15.6. The van der Waals surface area contributed by atoms with Gasteiger partial charge in [0.15, 0.2) is 0 Å². The lowest BCUT2D eigenvalue weighted by Gasteiger charge is -2.13. The van der Waals surface area contributed by atoms with Crippen LogP contribution in [0.1, 0.15) is 46.5 Å². The minimum atomic E-state index is 0.756. The number of hydrogen-bond donors (Lipinski definition) is 0. The second kappa shape index (κ2) is 8.58. The van der Waals surface area contributed by atoms with E-state index in [0.717, 1.165) is 35.1 Å². The third-order valence-corrected chi connectivity index (χ3v) is 3.84. The summed E-state index contributed by atoms with van der Waals surface area (Å²) in [5, 5.41) is 0. The maximum atomic E-state index is 5.79. The summed E-state index contributed by atoms with van der Waals surface area (Å²) < 4.78 is 6.83. The highest BCUT2D eigenvalue weighted by Gasteiger charge is 2.05. The number of para-hydroxylation sites is 1. The molecule has 2 heteroatoms. The molecule has 1 unspecified atom stereocenters. The van der Waals surface area contributed by atoms with Gasteiger partial charge in [-0.15, -0.1) is 0 Å². The van der Waals surface area contributed by atoms with E-state index in [4.69, 9.17) is 4.74 Å². The van der Waals surface area contributed by atoms with E-state index in [1.807, 2.05) is 24.3 Å². The molecule has 0 N–H and O–H groups in total. The Hall–Kier alpha value is -0.500. The molecule has 1 aromatic rings. The van der Waals surface area contributed by atoms with E-state index < -0.39 is 0 Å². The molecule has 0 saturated carbocycles. The highest BCUT2D eigenvalue weighted by molar-refractivity contribution is 9.10. The van der Waals surface area contributed by atoms with Crippen LogP contribution in [0.4, 0.5) is 0 Å². The molecule has 0 radical (unpaired) electrons. The lowest BCUT2D eigenvalue weighted by molar-refractivity contribution is 0.274. The van der Waals surface area contributed by atoms with E-state index >= 15 is 0 Å². The maximum Gasteiger partial charge on any atom is 0.133 e. The van der Waals surface area contributed by atoms with Gasteiger partial charge in [-0.3, -0.25) is 0 Å². The lowest BCUT2D eigenvalue weighted by Crippen LogP contribution is -2.05. The first-order valence-electron chi connectivity index (χ1n) is 6.97. The Morgan fingerprint density at radius 3 is 2.44 bits per heavy atom. The van der Waals surface area contributed by atoms with E-state index in [1.165, 1.54) is 19.3 Å². The molecule has 0 saturated heterocycles. The predicted molar refractivity (Wildman–Crippen MR) is 82.1 cm³/mol. The minimum absolute atomic E-state index is 0.756. The van der Waals surface area contributed by atoms with Crippen molar-refractivity contribution in [2.75, 3.05) is 6.61 Å². The zero-order valence-electron chi connectivity index (χ0n) is 11.8. The second-order valence-electron chi connectivity index (χ2n) is 5.50. The summed E-state index contributed by atoms with van der Waals surface area (Å²) in [6.45, 7) is 7.72. The van der Waals surface area contributed by atoms with Gasteiger partial charge in [0, 0.05) is 0 Å². The molecular weight excluding hydrogens is 288 g/mol. The Labute approximate surface area is 120 Å². The van der Waals surface area contributed by atoms with Gasteiger partial charge in [0.25, 0.3) is 0 Å². The summed E-state index contributed by atoms with van der Waals surface area (Å²) in [6.07, 6.45) is 5.14. The Kier molecular flexibility index (Phi) is 7.41. The monoisotopic (exact) mass is 312 g/mol. The number of ether oxygens (including phenoxy) is 1. The number of benzene rings is 1. The first-order valence-corrected chi connectivity index (χ1v) is 7.76. The average Bonchev–Trinajstić information content (AvgIpc) is 2.31. The zero-order chi connectivity index (χ0) is 13.4. The molecule has 0 heterocycles. The van der Waals surface area contributed by atoms with Gasteiger partial charge in [0.2, 0.25) is 0 Å². The van der Waals surface area contributed by atoms with Crippen LogP contribution in [0.5, 0.6) is 5.75 Å². The topological polar surface area (TPSA) is 9.23 Å². The fourth-order valence-electron chi connectivity index (χ4n) is 1.95. The number of halogens is 1. The number of hydrogen-bond acceptors (Lipinski definition) is 1. The van der Waals surface area contributed by atoms with Crippen LogP contribution in [0, 0.1) is 11.8 Å². The van der Waals surface area contributed by atoms with Crippen molar-refractivity contribution in [2.24, 2.45) is 11.8 Å². The van der Waals surface area contributed by atoms with Crippen LogP contribution in [0.3, 0.4) is 0 Å². The Morgan fingerprint density at radius 2 is 1.78 bits per heavy atom. The van der Waals surface area contributed by atoms with Gasteiger partial charge in [0.05, 0.1) is 11.1 Å². The van der Waals surface area contributed by atoms with Crippen LogP contribution in [0.25, 0.3) is 0 Å². The van der Waals surface area contributed by atoms with Gasteiger partial charge in [-0.05, 0) is 46.3 Å². The normalized spacial score (nSPS) is 12.7. The molecule has 0 aliphatic heterocycles. The minimum Gasteiger partial charge on any atom is -0.492 e. The summed E-state index contributed by atoms with van der Waals surface area (Å²) in [6, 6.07) is 8.03. The van der Waals surface area contributed by atoms with Crippen molar-refractivity contribution in [3.05, 3.63) is 28.7 Å². The molecule has 1 nitrogen and oxygen atoms in total. The smallest absolute Gasteiger partial charge is 0.133 e. The summed E-state index contributed by atoms with van der Waals surface area (Å²) in [5.74, 6) is 2.53. The number of rotatable bonds is 8. The Morgan fingerprint density at radius 1 is 1.06 bits per heavy atom. The zero-order valence-corrected chi connectivity index (χ0v) is 13.4. The molecule has 0 bridgehead atoms. The molecule has 0 fully saturated rings. The van der Waals surface area contributed by atoms with Crippen molar-refractivity contribution in [1.82, 2.24) is 0 Å². The summed E-state index contributed by atoms with van der Waals surface area (Å²) in [4.78, 5) is 0. The Bertz CT molecular complexity index is 336. The van der Waals surface area contributed by atoms with E-state index in [1.54, 1.807) is 0 Å². The molecule has 0 aliphatic rings. The van der Waals surface area contributed by atoms with E-state index in [2.05, 4.69) is 36.7 Å². The van der Waals surface area contributed by atoms with E-state index in [0.29, 0.717) is 0 Å². The highest BCUT2D eigenvalue weighted by Crippen LogP contribution is 2.24. The third kappa shape index (κ3) is 6.44. The SMILES string of the molecule is CC(C)CCCC(C)CCOc1ccccc1Br. The molecule has 1 aromatic carbocycles. The quantitative estimate of drug-likeness (QED) is 0.600. The molecule has 102 valence electrons. The van der Waals surface area contributed by atoms with Gasteiger partial charge in [-0.2, -0.15) is 0 Å². The van der Waals surface area contributed by atoms with Crippen LogP contribution >= 0.6 is 15.9 Å². The predicted octanol–water partition coefficient (Wildman–Crippen LogP) is 5.68. The average molecular weight is 313 g/mol. The van der Waals surface area contributed by atoms with Gasteiger partial charge < -0.3 is 4.74 Å². The van der Waals surface area contributed by atoms with Crippen LogP contribution in [-0.2, 0) is 0 Å². The summed E-state index contributed by atoms with van der Waals surface area (Å²) in [5.41, 5.74) is 0. The molecule has 0 spiro atoms. The first-order chi connectivity index (χ1) is 8.59. The van der Waals surface area contributed by atoms with Gasteiger partial charge >= 0.3 is 0 Å². The molecular formula is C16H25BrO. The molecule has 1 rings (SSSR count). The van der Waals surface area contributed by atoms with Gasteiger partial charge in [-0.25, -0.2) is 0 Å². The van der Waals surface area contributed by atoms with Crippen LogP contribution < -0.4 is 4.74 Å². The highest BCUT2D eigenvalue weighted by atomic mass is 79.9. The third-order valence-electron chi connectivity index (χ3n) is 3.18. The van der Waals surface area contributed by atoms with E-state index in [-0.39, 0.29) is 0 Å². The van der Waals surface area contributed by atoms with Crippen LogP contribution in [0.2, 0.25) is 0 Å².